The third-order valence-corrected chi connectivity index (χ3v) is 5.70. The van der Waals surface area contributed by atoms with Crippen molar-refractivity contribution in [1.82, 2.24) is 34.7 Å². The molecule has 0 saturated heterocycles. The van der Waals surface area contributed by atoms with E-state index < -0.39 is 0 Å². The molecule has 0 atom stereocenters. The van der Waals surface area contributed by atoms with E-state index in [1.165, 1.54) is 0 Å². The summed E-state index contributed by atoms with van der Waals surface area (Å²) in [5.41, 5.74) is 6.83. The van der Waals surface area contributed by atoms with Crippen LogP contribution in [-0.4, -0.2) is 34.7 Å². The maximum atomic E-state index is 5.00. The van der Waals surface area contributed by atoms with E-state index in [0.717, 1.165) is 49.6 Å². The van der Waals surface area contributed by atoms with E-state index in [4.69, 9.17) is 4.98 Å². The smallest absolute Gasteiger partial charge is 0.181 e. The molecule has 0 aliphatic heterocycles. The van der Waals surface area contributed by atoms with Crippen LogP contribution in [0.3, 0.4) is 0 Å². The number of thioether (sulfide) groups is 1. The van der Waals surface area contributed by atoms with Gasteiger partial charge < -0.3 is 4.98 Å². The zero-order chi connectivity index (χ0) is 19.1. The Morgan fingerprint density at radius 1 is 1.18 bits per heavy atom. The Kier molecular flexibility index (Phi) is 4.05. The van der Waals surface area contributed by atoms with Gasteiger partial charge in [0.05, 0.1) is 23.7 Å². The second kappa shape index (κ2) is 6.72. The minimum Gasteiger partial charge on any atom is -0.341 e. The van der Waals surface area contributed by atoms with Crippen molar-refractivity contribution in [2.24, 2.45) is 7.05 Å². The van der Waals surface area contributed by atoms with Gasteiger partial charge >= 0.3 is 0 Å². The number of nitrogens with one attached hydrogen (secondary N) is 1. The van der Waals surface area contributed by atoms with Crippen molar-refractivity contribution in [3.8, 4) is 11.3 Å². The van der Waals surface area contributed by atoms with Gasteiger partial charge in [0, 0.05) is 29.9 Å². The Morgan fingerprint density at radius 2 is 2.11 bits per heavy atom. The van der Waals surface area contributed by atoms with E-state index in [9.17, 15) is 0 Å². The van der Waals surface area contributed by atoms with E-state index in [2.05, 4.69) is 56.2 Å². The number of hydrogen-bond acceptors (Lipinski definition) is 6. The lowest BCUT2D eigenvalue weighted by atomic mass is 10.0. The first-order chi connectivity index (χ1) is 13.7. The standard InChI is InChI=1S/C20H17N7S/c1-12-4-3-5-13-6-14(17(26-16(12)13)15-7-25-27(2)8-15)9-28-20-18-19(22-10-21-18)23-11-24-20/h3-8,10-11H,9H2,1-2H3,(H,21,22,23,24). The summed E-state index contributed by atoms with van der Waals surface area (Å²) < 4.78 is 1.80. The molecule has 0 fully saturated rings. The quantitative estimate of drug-likeness (QED) is 0.372. The normalized spacial score (nSPS) is 11.5. The lowest BCUT2D eigenvalue weighted by Gasteiger charge is -2.11. The average Bonchev–Trinajstić information content (AvgIpc) is 3.35. The zero-order valence-electron chi connectivity index (χ0n) is 15.4. The molecule has 1 aromatic carbocycles. The number of hydrogen-bond donors (Lipinski definition) is 1. The van der Waals surface area contributed by atoms with Crippen LogP contribution in [0.5, 0.6) is 0 Å². The first kappa shape index (κ1) is 16.9. The molecule has 0 spiro atoms. The summed E-state index contributed by atoms with van der Waals surface area (Å²) in [7, 11) is 1.92. The minimum atomic E-state index is 0.678. The molecule has 4 aromatic heterocycles. The largest absolute Gasteiger partial charge is 0.341 e. The molecule has 8 heteroatoms. The highest BCUT2D eigenvalue weighted by atomic mass is 32.2. The van der Waals surface area contributed by atoms with Crippen LogP contribution in [0.4, 0.5) is 0 Å². The molecular formula is C20H17N7S. The van der Waals surface area contributed by atoms with Crippen LogP contribution in [0.2, 0.25) is 0 Å². The van der Waals surface area contributed by atoms with E-state index in [1.54, 1.807) is 29.1 Å². The van der Waals surface area contributed by atoms with Crippen LogP contribution < -0.4 is 0 Å². The van der Waals surface area contributed by atoms with Crippen molar-refractivity contribution in [1.29, 1.82) is 0 Å². The Bertz CT molecular complexity index is 1300. The number of nitrogens with zero attached hydrogens (tertiary/aromatic N) is 6. The van der Waals surface area contributed by atoms with Gasteiger partial charge in [-0.3, -0.25) is 4.68 Å². The van der Waals surface area contributed by atoms with Gasteiger partial charge in [0.15, 0.2) is 5.65 Å². The topological polar surface area (TPSA) is 85.2 Å². The van der Waals surface area contributed by atoms with Gasteiger partial charge in [-0.2, -0.15) is 5.10 Å². The van der Waals surface area contributed by atoms with Crippen molar-refractivity contribution < 1.29 is 0 Å². The first-order valence-electron chi connectivity index (χ1n) is 8.84. The van der Waals surface area contributed by atoms with Crippen molar-refractivity contribution in [3.63, 3.8) is 0 Å². The number of benzene rings is 1. The third kappa shape index (κ3) is 2.91. The molecular weight excluding hydrogens is 370 g/mol. The summed E-state index contributed by atoms with van der Waals surface area (Å²) in [6, 6.07) is 8.48. The van der Waals surface area contributed by atoms with Crippen LogP contribution in [0.1, 0.15) is 11.1 Å². The van der Waals surface area contributed by atoms with Gasteiger partial charge in [-0.1, -0.05) is 30.0 Å². The minimum absolute atomic E-state index is 0.678. The fraction of sp³-hybridized carbons (Fsp3) is 0.150. The first-order valence-corrected chi connectivity index (χ1v) is 9.83. The summed E-state index contributed by atoms with van der Waals surface area (Å²) in [6.45, 7) is 2.09. The summed E-state index contributed by atoms with van der Waals surface area (Å²) in [4.78, 5) is 20.9. The lowest BCUT2D eigenvalue weighted by Crippen LogP contribution is -1.95. The number of aryl methyl sites for hydroxylation is 2. The van der Waals surface area contributed by atoms with Crippen LogP contribution >= 0.6 is 11.8 Å². The van der Waals surface area contributed by atoms with Gasteiger partial charge in [-0.25, -0.2) is 19.9 Å². The summed E-state index contributed by atoms with van der Waals surface area (Å²) >= 11 is 1.65. The second-order valence-corrected chi connectivity index (χ2v) is 7.58. The van der Waals surface area contributed by atoms with Crippen LogP contribution in [0, 0.1) is 6.92 Å². The van der Waals surface area contributed by atoms with E-state index in [-0.39, 0.29) is 0 Å². The fourth-order valence-corrected chi connectivity index (χ4v) is 4.22. The maximum absolute atomic E-state index is 5.00. The molecule has 7 nitrogen and oxygen atoms in total. The van der Waals surface area contributed by atoms with E-state index >= 15 is 0 Å². The molecule has 0 aliphatic rings. The monoisotopic (exact) mass is 387 g/mol. The number of aromatic nitrogens is 7. The Morgan fingerprint density at radius 3 is 2.96 bits per heavy atom. The van der Waals surface area contributed by atoms with Crippen LogP contribution in [0.25, 0.3) is 33.3 Å². The SMILES string of the molecule is Cc1cccc2cc(CSc3ncnc4nc[nH]c34)c(-c3cnn(C)c3)nc12. The Labute approximate surface area is 165 Å². The summed E-state index contributed by atoms with van der Waals surface area (Å²) in [6.07, 6.45) is 7.05. The molecule has 1 N–H and O–H groups in total. The lowest BCUT2D eigenvalue weighted by molar-refractivity contribution is 0.768. The maximum Gasteiger partial charge on any atom is 0.181 e. The summed E-state index contributed by atoms with van der Waals surface area (Å²) in [5.74, 6) is 0.728. The van der Waals surface area contributed by atoms with Gasteiger partial charge in [0.25, 0.3) is 0 Å². The molecule has 0 amide bonds. The molecule has 138 valence electrons. The molecule has 0 radical (unpaired) electrons. The summed E-state index contributed by atoms with van der Waals surface area (Å²) in [5, 5.41) is 6.34. The molecule has 0 unspecified atom stereocenters. The number of aromatic amines is 1. The highest BCUT2D eigenvalue weighted by Gasteiger charge is 2.14. The molecule has 28 heavy (non-hydrogen) atoms. The van der Waals surface area contributed by atoms with E-state index in [1.807, 2.05) is 19.4 Å². The molecule has 5 rings (SSSR count). The molecule has 0 bridgehead atoms. The highest BCUT2D eigenvalue weighted by Crippen LogP contribution is 2.32. The predicted octanol–water partition coefficient (Wildman–Crippen LogP) is 3.90. The number of para-hydroxylation sites is 1. The van der Waals surface area contributed by atoms with Gasteiger partial charge in [0.2, 0.25) is 0 Å². The van der Waals surface area contributed by atoms with Crippen LogP contribution in [-0.2, 0) is 12.8 Å². The van der Waals surface area contributed by atoms with Crippen LogP contribution in [0.15, 0.2) is 54.3 Å². The average molecular weight is 387 g/mol. The predicted molar refractivity (Wildman–Crippen MR) is 110 cm³/mol. The Balaban J connectivity index is 1.60. The number of imidazole rings is 1. The molecule has 5 aromatic rings. The van der Waals surface area contributed by atoms with Crippen molar-refractivity contribution in [3.05, 3.63) is 60.4 Å². The van der Waals surface area contributed by atoms with Gasteiger partial charge in [-0.15, -0.1) is 0 Å². The zero-order valence-corrected chi connectivity index (χ0v) is 16.2. The molecule has 0 aliphatic carbocycles. The third-order valence-electron chi connectivity index (χ3n) is 4.66. The number of H-pyrrole nitrogens is 1. The van der Waals surface area contributed by atoms with Gasteiger partial charge in [0.1, 0.15) is 16.9 Å². The second-order valence-electron chi connectivity index (χ2n) is 6.61. The number of pyridine rings is 1. The molecule has 4 heterocycles. The number of rotatable bonds is 4. The number of fused-ring (bicyclic) bond motifs is 2. The molecule has 0 saturated carbocycles. The van der Waals surface area contributed by atoms with Crippen molar-refractivity contribution in [2.75, 3.05) is 0 Å². The highest BCUT2D eigenvalue weighted by molar-refractivity contribution is 7.98. The van der Waals surface area contributed by atoms with Gasteiger partial charge in [-0.05, 0) is 24.1 Å². The van der Waals surface area contributed by atoms with E-state index in [0.29, 0.717) is 5.65 Å². The fourth-order valence-electron chi connectivity index (χ4n) is 3.29. The van der Waals surface area contributed by atoms with Crippen molar-refractivity contribution in [2.45, 2.75) is 17.7 Å². The Hall–Kier alpha value is -3.26. The van der Waals surface area contributed by atoms with Crippen molar-refractivity contribution >= 4 is 33.8 Å².